The van der Waals surface area contributed by atoms with Gasteiger partial charge in [-0.05, 0) is 138 Å². The summed E-state index contributed by atoms with van der Waals surface area (Å²) >= 11 is 1.91. The van der Waals surface area contributed by atoms with Gasteiger partial charge in [0.2, 0.25) is 0 Å². The molecule has 0 N–H and O–H groups in total. The van der Waals surface area contributed by atoms with Crippen LogP contribution in [0.1, 0.15) is 93.3 Å². The van der Waals surface area contributed by atoms with Crippen molar-refractivity contribution in [1.82, 2.24) is 0 Å². The molecule has 0 saturated carbocycles. The average Bonchev–Trinajstić information content (AvgIpc) is 3.95. The monoisotopic (exact) mass is 855 g/mol. The maximum absolute atomic E-state index is 2.58. The Labute approximate surface area is 388 Å². The summed E-state index contributed by atoms with van der Waals surface area (Å²) in [6, 6.07) is 65.3. The number of hydrogen-bond donors (Lipinski definition) is 0. The normalized spacial score (nSPS) is 14.6. The van der Waals surface area contributed by atoms with Crippen molar-refractivity contribution in [3.8, 4) is 33.4 Å². The number of nitrogens with zero attached hydrogens (tertiary/aromatic N) is 1. The highest BCUT2D eigenvalue weighted by Gasteiger charge is 2.53. The molecule has 0 amide bonds. The van der Waals surface area contributed by atoms with Gasteiger partial charge in [0.25, 0.3) is 0 Å². The highest BCUT2D eigenvalue weighted by Crippen LogP contribution is 2.66. The third kappa shape index (κ3) is 6.10. The van der Waals surface area contributed by atoms with Crippen molar-refractivity contribution in [2.24, 2.45) is 0 Å². The zero-order chi connectivity index (χ0) is 44.2. The van der Waals surface area contributed by atoms with Crippen LogP contribution in [0.25, 0.3) is 59.1 Å². The molecule has 65 heavy (non-hydrogen) atoms. The molecule has 1 heterocycles. The largest absolute Gasteiger partial charge is 0.310 e. The number of thiophene rings is 1. The molecule has 1 nitrogen and oxygen atoms in total. The lowest BCUT2D eigenvalue weighted by atomic mass is 9.68. The molecule has 0 atom stereocenters. The molecule has 1 spiro atoms. The number of hydrogen-bond acceptors (Lipinski definition) is 2. The smallest absolute Gasteiger partial charge is 0.0726 e. The van der Waals surface area contributed by atoms with E-state index in [1.807, 2.05) is 11.3 Å². The maximum atomic E-state index is 2.58. The summed E-state index contributed by atoms with van der Waals surface area (Å²) < 4.78 is 2.67. The number of rotatable bonds is 5. The van der Waals surface area contributed by atoms with E-state index in [-0.39, 0.29) is 10.8 Å². The van der Waals surface area contributed by atoms with E-state index in [1.54, 1.807) is 0 Å². The van der Waals surface area contributed by atoms with Crippen LogP contribution < -0.4 is 4.90 Å². The van der Waals surface area contributed by atoms with Gasteiger partial charge in [0.05, 0.1) is 11.1 Å². The first kappa shape index (κ1) is 39.8. The number of fused-ring (bicyclic) bond motifs is 14. The van der Waals surface area contributed by atoms with E-state index in [4.69, 9.17) is 0 Å². The predicted octanol–water partition coefficient (Wildman–Crippen LogP) is 17.9. The molecule has 3 aliphatic carbocycles. The first-order valence-electron chi connectivity index (χ1n) is 23.3. The highest BCUT2D eigenvalue weighted by molar-refractivity contribution is 7.26. The molecule has 1 aromatic heterocycles. The summed E-state index contributed by atoms with van der Waals surface area (Å²) in [7, 11) is 0. The summed E-state index contributed by atoms with van der Waals surface area (Å²) in [4.78, 5) is 2.52. The summed E-state index contributed by atoms with van der Waals surface area (Å²) in [6.45, 7) is 14.1. The van der Waals surface area contributed by atoms with Gasteiger partial charge in [-0.1, -0.05) is 187 Å². The van der Waals surface area contributed by atoms with E-state index >= 15 is 0 Å². The molecule has 0 fully saturated rings. The lowest BCUT2D eigenvalue weighted by Gasteiger charge is -2.34. The zero-order valence-corrected chi connectivity index (χ0v) is 39.0. The first-order valence-corrected chi connectivity index (χ1v) is 24.1. The van der Waals surface area contributed by atoms with Crippen LogP contribution in [0.15, 0.2) is 188 Å². The van der Waals surface area contributed by atoms with Crippen molar-refractivity contribution >= 4 is 54.1 Å². The van der Waals surface area contributed by atoms with Crippen molar-refractivity contribution in [3.05, 3.63) is 227 Å². The lowest BCUT2D eigenvalue weighted by molar-refractivity contribution is 0.586. The van der Waals surface area contributed by atoms with E-state index in [1.165, 1.54) is 98.1 Å². The Bertz CT molecular complexity index is 3370. The Morgan fingerprint density at radius 1 is 0.492 bits per heavy atom. The van der Waals surface area contributed by atoms with E-state index in [2.05, 4.69) is 235 Å². The minimum atomic E-state index is -0.555. The van der Waals surface area contributed by atoms with Crippen molar-refractivity contribution in [1.29, 1.82) is 0 Å². The molecular formula is C63H53NS. The fraction of sp³-hybridized carbons (Fsp3) is 0.175. The number of anilines is 3. The Balaban J connectivity index is 1.19. The zero-order valence-electron chi connectivity index (χ0n) is 38.2. The molecule has 0 bridgehead atoms. The van der Waals surface area contributed by atoms with Gasteiger partial charge in [-0.15, -0.1) is 11.3 Å². The number of benzene rings is 8. The number of para-hydroxylation sites is 1. The maximum Gasteiger partial charge on any atom is 0.0726 e. The van der Waals surface area contributed by atoms with E-state index in [0.717, 1.165) is 29.9 Å². The van der Waals surface area contributed by atoms with Crippen LogP contribution in [0, 0.1) is 0 Å². The Hall–Kier alpha value is -6.74. The molecule has 0 saturated heterocycles. The third-order valence-electron chi connectivity index (χ3n) is 14.5. The van der Waals surface area contributed by atoms with Gasteiger partial charge in [0.1, 0.15) is 0 Å². The Kier molecular flexibility index (Phi) is 8.97. The van der Waals surface area contributed by atoms with E-state index in [9.17, 15) is 0 Å². The molecule has 8 aromatic carbocycles. The molecule has 316 valence electrons. The van der Waals surface area contributed by atoms with Crippen LogP contribution in [0.5, 0.6) is 0 Å². The standard InChI is InChI=1S/C63H53NS/c1-61(2,3)43-27-32-48-49-33-28-44(62(4,5)6)38-54(49)63(53(48)37-43)52-35-36-58-60(51-22-14-16-24-57(51)65-58)59(52)50-34-31-46(39-55(50)63)64(45-29-25-41(26-30-45)40-17-9-7-10-18-40)56-23-15-13-21-47(56)42-19-11-8-12-20-42/h7-9,11-17,19-39H,10,18H2,1-6H3. The molecule has 0 aliphatic heterocycles. The molecule has 12 rings (SSSR count). The van der Waals surface area contributed by atoms with E-state index < -0.39 is 5.41 Å². The average molecular weight is 856 g/mol. The van der Waals surface area contributed by atoms with Crippen LogP contribution in [0.3, 0.4) is 0 Å². The second-order valence-electron chi connectivity index (χ2n) is 20.4. The van der Waals surface area contributed by atoms with Crippen molar-refractivity contribution in [2.45, 2.75) is 70.6 Å². The first-order chi connectivity index (χ1) is 31.5. The van der Waals surface area contributed by atoms with Crippen LogP contribution in [-0.2, 0) is 16.2 Å². The second-order valence-corrected chi connectivity index (χ2v) is 21.5. The van der Waals surface area contributed by atoms with Gasteiger partial charge in [-0.25, -0.2) is 0 Å². The van der Waals surface area contributed by atoms with Gasteiger partial charge in [0, 0.05) is 37.1 Å². The van der Waals surface area contributed by atoms with Crippen LogP contribution >= 0.6 is 11.3 Å². The molecular weight excluding hydrogens is 803 g/mol. The third-order valence-corrected chi connectivity index (χ3v) is 15.6. The van der Waals surface area contributed by atoms with Gasteiger partial charge in [-0.2, -0.15) is 0 Å². The van der Waals surface area contributed by atoms with Gasteiger partial charge >= 0.3 is 0 Å². The fourth-order valence-electron chi connectivity index (χ4n) is 11.2. The molecule has 0 unspecified atom stereocenters. The Morgan fingerprint density at radius 3 is 1.82 bits per heavy atom. The minimum absolute atomic E-state index is 0.0325. The van der Waals surface area contributed by atoms with E-state index in [0.29, 0.717) is 0 Å². The summed E-state index contributed by atoms with van der Waals surface area (Å²) in [5.74, 6) is 0. The van der Waals surface area contributed by atoms with Crippen molar-refractivity contribution < 1.29 is 0 Å². The van der Waals surface area contributed by atoms with Crippen LogP contribution in [0.4, 0.5) is 17.1 Å². The molecule has 9 aromatic rings. The van der Waals surface area contributed by atoms with Crippen molar-refractivity contribution in [3.63, 3.8) is 0 Å². The second kappa shape index (κ2) is 14.6. The Morgan fingerprint density at radius 2 is 1.12 bits per heavy atom. The van der Waals surface area contributed by atoms with Gasteiger partial charge < -0.3 is 4.90 Å². The van der Waals surface area contributed by atoms with Crippen LogP contribution in [0.2, 0.25) is 0 Å². The van der Waals surface area contributed by atoms with Crippen molar-refractivity contribution in [2.75, 3.05) is 4.90 Å². The highest BCUT2D eigenvalue weighted by atomic mass is 32.1. The summed E-state index contributed by atoms with van der Waals surface area (Å²) in [6.07, 6.45) is 8.89. The number of allylic oxidation sites excluding steroid dienone is 4. The molecule has 2 heteroatoms. The SMILES string of the molecule is CC(C)(C)c1ccc2c(c1)C1(c3cc(C(C)(C)C)ccc3-2)c2cc(N(c3ccc(C4=CC=CCC4)cc3)c3ccccc3-c3ccccc3)ccc2-c2c1ccc1sc3ccccc3c21. The predicted molar refractivity (Wildman–Crippen MR) is 279 cm³/mol. The lowest BCUT2D eigenvalue weighted by Crippen LogP contribution is -2.27. The molecule has 0 radical (unpaired) electrons. The topological polar surface area (TPSA) is 3.24 Å². The molecule has 3 aliphatic rings. The van der Waals surface area contributed by atoms with Gasteiger partial charge in [-0.3, -0.25) is 0 Å². The van der Waals surface area contributed by atoms with Gasteiger partial charge in [0.15, 0.2) is 0 Å². The van der Waals surface area contributed by atoms with Crippen LogP contribution in [-0.4, -0.2) is 0 Å². The fourth-order valence-corrected chi connectivity index (χ4v) is 12.3. The summed E-state index contributed by atoms with van der Waals surface area (Å²) in [5, 5.41) is 2.71. The minimum Gasteiger partial charge on any atom is -0.310 e. The summed E-state index contributed by atoms with van der Waals surface area (Å²) in [5.41, 5.74) is 21.5. The quantitative estimate of drug-likeness (QED) is 0.167.